The van der Waals surface area contributed by atoms with Gasteiger partial charge >= 0.3 is 0 Å². The molecule has 5 aliphatic rings. The highest BCUT2D eigenvalue weighted by Gasteiger charge is 2.23. The van der Waals surface area contributed by atoms with Gasteiger partial charge in [-0.25, -0.2) is 0 Å². The molecule has 125 heavy (non-hydrogen) atoms. The van der Waals surface area contributed by atoms with Gasteiger partial charge in [-0.05, 0) is 362 Å². The first-order valence-corrected chi connectivity index (χ1v) is 48.6. The Morgan fingerprint density at radius 2 is 0.336 bits per heavy atom. The molecule has 0 amide bonds. The number of hydrogen-bond donors (Lipinski definition) is 0. The average molecular weight is 1780 g/mol. The van der Waals surface area contributed by atoms with Crippen molar-refractivity contribution in [1.82, 2.24) is 0 Å². The fraction of sp³-hybridized carbons (Fsp3) is 0.391. The highest BCUT2D eigenvalue weighted by molar-refractivity contribution is 7.81. The van der Waals surface area contributed by atoms with Crippen molar-refractivity contribution in [3.8, 4) is 0 Å². The van der Waals surface area contributed by atoms with Crippen LogP contribution in [0.25, 0.3) is 27.9 Å². The second kappa shape index (κ2) is 58.2. The predicted molar refractivity (Wildman–Crippen MR) is 545 cm³/mol. The monoisotopic (exact) mass is 1780 g/mol. The second-order valence-corrected chi connectivity index (χ2v) is 37.0. The minimum absolute atomic E-state index is 0. The van der Waals surface area contributed by atoms with E-state index in [1.165, 1.54) is 304 Å². The van der Waals surface area contributed by atoms with Crippen LogP contribution >= 0.6 is 63.1 Å². The lowest BCUT2D eigenvalue weighted by atomic mass is 9.82. The number of benzene rings is 10. The Balaban J connectivity index is 0.000000239. The molecule has 5 radical (unpaired) electrons. The normalized spacial score (nSPS) is 16.8. The third-order valence-electron chi connectivity index (χ3n) is 25.8. The van der Waals surface area contributed by atoms with E-state index < -0.39 is 0 Å². The Bertz CT molecular complexity index is 4070. The van der Waals surface area contributed by atoms with Crippen LogP contribution < -0.4 is 0 Å². The van der Waals surface area contributed by atoms with Gasteiger partial charge in [-0.1, -0.05) is 374 Å². The Morgan fingerprint density at radius 1 is 0.192 bits per heavy atom. The molecule has 10 aromatic carbocycles. The molecule has 0 bridgehead atoms. The maximum absolute atomic E-state index is 5.18. The van der Waals surface area contributed by atoms with Gasteiger partial charge in [0.15, 0.2) is 0 Å². The molecule has 5 aliphatic carbocycles. The maximum Gasteiger partial charge on any atom is 0.0377 e. The van der Waals surface area contributed by atoms with E-state index in [0.29, 0.717) is 29.6 Å². The van der Waals surface area contributed by atoms with E-state index in [-0.39, 0.29) is 23.5 Å². The molecule has 15 rings (SSSR count). The standard InChI is InChI=1S/5C23H27S.5FH/c5*1-2-3-4-5-18-6-8-19(9-7-18)20-10-12-21(13-11-20)22-14-16-23(24)17-15-22;;;;;/h5*6-9,12,14-17,20H,2-5,10-11,13H2,1H3;5*1H. The summed E-state index contributed by atoms with van der Waals surface area (Å²) in [6.07, 6.45) is 55.8. The van der Waals surface area contributed by atoms with Gasteiger partial charge in [0, 0.05) is 24.5 Å². The quantitative estimate of drug-likeness (QED) is 0.0311. The van der Waals surface area contributed by atoms with Crippen LogP contribution in [0, 0.1) is 0 Å². The molecule has 0 heterocycles. The van der Waals surface area contributed by atoms with Crippen LogP contribution in [-0.4, -0.2) is 0 Å². The molecule has 0 saturated carbocycles. The summed E-state index contributed by atoms with van der Waals surface area (Å²) < 4.78 is 0. The molecule has 0 saturated heterocycles. The van der Waals surface area contributed by atoms with Gasteiger partial charge in [-0.3, -0.25) is 23.5 Å². The van der Waals surface area contributed by atoms with Crippen molar-refractivity contribution in [2.75, 3.05) is 0 Å². The number of hydrogen-bond acceptors (Lipinski definition) is 0. The zero-order valence-electron chi connectivity index (χ0n) is 75.2. The smallest absolute Gasteiger partial charge is 0.0377 e. The summed E-state index contributed by atoms with van der Waals surface area (Å²) >= 11 is 25.9. The minimum atomic E-state index is 0. The van der Waals surface area contributed by atoms with Crippen LogP contribution in [0.2, 0.25) is 0 Å². The van der Waals surface area contributed by atoms with Crippen LogP contribution in [0.3, 0.4) is 0 Å². The zero-order valence-corrected chi connectivity index (χ0v) is 79.3. The van der Waals surface area contributed by atoms with Crippen molar-refractivity contribution in [2.24, 2.45) is 0 Å². The first-order chi connectivity index (χ1) is 58.8. The fourth-order valence-corrected chi connectivity index (χ4v) is 18.7. The summed E-state index contributed by atoms with van der Waals surface area (Å²) in [6.45, 7) is 11.3. The average Bonchev–Trinajstić information content (AvgIpc) is 0.851. The molecule has 0 aliphatic heterocycles. The molecule has 0 aromatic heterocycles. The molecule has 665 valence electrons. The van der Waals surface area contributed by atoms with E-state index in [1.54, 1.807) is 0 Å². The van der Waals surface area contributed by atoms with Crippen molar-refractivity contribution in [3.05, 3.63) is 356 Å². The lowest BCUT2D eigenvalue weighted by Gasteiger charge is -2.23. The van der Waals surface area contributed by atoms with E-state index in [1.807, 2.05) is 60.7 Å². The van der Waals surface area contributed by atoms with Gasteiger partial charge in [0.2, 0.25) is 0 Å². The Hall–Kier alpha value is -8.35. The number of rotatable bonds is 30. The first kappa shape index (κ1) is 105. The number of unbranched alkanes of at least 4 members (excludes halogenated alkanes) is 10. The first-order valence-electron chi connectivity index (χ1n) is 46.6. The van der Waals surface area contributed by atoms with E-state index in [4.69, 9.17) is 63.1 Å². The fourth-order valence-electron chi connectivity index (χ4n) is 18.0. The highest BCUT2D eigenvalue weighted by Crippen LogP contribution is 2.42. The van der Waals surface area contributed by atoms with Crippen molar-refractivity contribution in [3.63, 3.8) is 0 Å². The molecule has 0 nitrogen and oxygen atoms in total. The second-order valence-electron chi connectivity index (χ2n) is 34.6. The number of allylic oxidation sites excluding steroid dienone is 10. The van der Waals surface area contributed by atoms with Crippen LogP contribution in [0.1, 0.15) is 340 Å². The van der Waals surface area contributed by atoms with Crippen LogP contribution in [-0.2, 0) is 32.1 Å². The van der Waals surface area contributed by atoms with Crippen molar-refractivity contribution >= 4 is 91.0 Å². The third-order valence-corrected chi connectivity index (χ3v) is 27.1. The van der Waals surface area contributed by atoms with Crippen LogP contribution in [0.15, 0.2) is 298 Å². The lowest BCUT2D eigenvalue weighted by Crippen LogP contribution is -2.04. The Labute approximate surface area is 778 Å². The summed E-state index contributed by atoms with van der Waals surface area (Å²) in [4.78, 5) is 4.62. The topological polar surface area (TPSA) is 0 Å². The van der Waals surface area contributed by atoms with Crippen molar-refractivity contribution in [2.45, 2.75) is 313 Å². The van der Waals surface area contributed by atoms with Gasteiger partial charge < -0.3 is 0 Å². The third kappa shape index (κ3) is 35.0. The van der Waals surface area contributed by atoms with Crippen LogP contribution in [0.5, 0.6) is 0 Å². The summed E-state index contributed by atoms with van der Waals surface area (Å²) in [6, 6.07) is 89.0. The predicted octanol–water partition coefficient (Wildman–Crippen LogP) is 37.4. The molecule has 5 unspecified atom stereocenters. The summed E-state index contributed by atoms with van der Waals surface area (Å²) in [5.74, 6) is 3.39. The highest BCUT2D eigenvalue weighted by atomic mass is 32.1. The number of aryl methyl sites for hydroxylation is 5. The molecular formula is C115H140F5S5. The summed E-state index contributed by atoms with van der Waals surface area (Å²) in [7, 11) is 0. The van der Waals surface area contributed by atoms with Gasteiger partial charge in [0.1, 0.15) is 0 Å². The molecule has 0 spiro atoms. The SMILES string of the molecule is CCCCCc1ccc(C2CC=C(c3ccc([S])cc3)CC2)cc1.CCCCCc1ccc(C2CC=C(c3ccc([S])cc3)CC2)cc1.CCCCCc1ccc(C2CC=C(c3ccc([S])cc3)CC2)cc1.CCCCCc1ccc(C2CC=C(c3ccc([S])cc3)CC2)cc1.CCCCCc1ccc(C2CC=C(c3ccc([S])cc3)CC2)cc1.F.F.F.F.F. The van der Waals surface area contributed by atoms with Crippen LogP contribution in [0.4, 0.5) is 23.5 Å². The zero-order chi connectivity index (χ0) is 83.9. The van der Waals surface area contributed by atoms with Gasteiger partial charge in [-0.2, -0.15) is 0 Å². The van der Waals surface area contributed by atoms with Crippen molar-refractivity contribution < 1.29 is 23.5 Å². The van der Waals surface area contributed by atoms with E-state index in [9.17, 15) is 0 Å². The van der Waals surface area contributed by atoms with E-state index >= 15 is 0 Å². The van der Waals surface area contributed by atoms with Crippen molar-refractivity contribution in [1.29, 1.82) is 0 Å². The van der Waals surface area contributed by atoms with Gasteiger partial charge in [-0.15, -0.1) is 0 Å². The molecule has 5 atom stereocenters. The Kier molecular flexibility index (Phi) is 49.1. The Morgan fingerprint density at radius 3 is 0.456 bits per heavy atom. The largest absolute Gasteiger partial charge is 0.269 e. The molecule has 10 heteroatoms. The molecule has 0 N–H and O–H groups in total. The molecule has 0 fully saturated rings. The molecule has 10 aromatic rings. The summed E-state index contributed by atoms with van der Waals surface area (Å²) in [5.41, 5.74) is 29.1. The minimum Gasteiger partial charge on any atom is -0.269 e. The van der Waals surface area contributed by atoms with Gasteiger partial charge in [0.05, 0.1) is 0 Å². The summed E-state index contributed by atoms with van der Waals surface area (Å²) in [5, 5.41) is 0. The van der Waals surface area contributed by atoms with E-state index in [0.717, 1.165) is 56.6 Å². The maximum atomic E-state index is 5.18. The number of halogens is 5. The molecular weight excluding hydrogens is 1640 g/mol. The lowest BCUT2D eigenvalue weighted by molar-refractivity contribution is 0.625. The van der Waals surface area contributed by atoms with E-state index in [2.05, 4.69) is 247 Å². The van der Waals surface area contributed by atoms with Gasteiger partial charge in [0.25, 0.3) is 0 Å².